The van der Waals surface area contributed by atoms with Crippen molar-refractivity contribution in [2.75, 3.05) is 20.2 Å². The van der Waals surface area contributed by atoms with Crippen molar-refractivity contribution < 1.29 is 9.84 Å². The first-order chi connectivity index (χ1) is 10.5. The molecule has 3 heteroatoms. The lowest BCUT2D eigenvalue weighted by Gasteiger charge is -2.32. The molecule has 0 spiro atoms. The second kappa shape index (κ2) is 7.98. The molecule has 0 heterocycles. The van der Waals surface area contributed by atoms with E-state index >= 15 is 0 Å². The van der Waals surface area contributed by atoms with E-state index in [9.17, 15) is 5.11 Å². The van der Waals surface area contributed by atoms with Crippen LogP contribution in [0.1, 0.15) is 48.8 Å². The molecule has 2 rings (SSSR count). The molecule has 0 aromatic heterocycles. The van der Waals surface area contributed by atoms with Crippen LogP contribution in [-0.2, 0) is 0 Å². The summed E-state index contributed by atoms with van der Waals surface area (Å²) in [4.78, 5) is 2.31. The molecule has 0 saturated heterocycles. The number of ether oxygens (including phenoxy) is 1. The molecular formula is C19H31NO2. The van der Waals surface area contributed by atoms with Crippen molar-refractivity contribution in [2.24, 2.45) is 0 Å². The van der Waals surface area contributed by atoms with Crippen LogP contribution in [0.4, 0.5) is 0 Å². The Bertz CT molecular complexity index is 457. The highest BCUT2D eigenvalue weighted by molar-refractivity contribution is 5.42. The third-order valence-electron chi connectivity index (χ3n) is 4.72. The van der Waals surface area contributed by atoms with E-state index in [4.69, 9.17) is 4.74 Å². The van der Waals surface area contributed by atoms with Gasteiger partial charge in [0.2, 0.25) is 0 Å². The summed E-state index contributed by atoms with van der Waals surface area (Å²) in [5.41, 5.74) is 3.54. The van der Waals surface area contributed by atoms with E-state index in [1.165, 1.54) is 37.7 Å². The number of hydrogen-bond acceptors (Lipinski definition) is 3. The Kier molecular flexibility index (Phi) is 6.27. The van der Waals surface area contributed by atoms with Gasteiger partial charge < -0.3 is 14.7 Å². The Hall–Kier alpha value is -1.06. The van der Waals surface area contributed by atoms with Gasteiger partial charge in [0.05, 0.1) is 0 Å². The van der Waals surface area contributed by atoms with E-state index in [-0.39, 0.29) is 0 Å². The Morgan fingerprint density at radius 3 is 2.32 bits per heavy atom. The summed E-state index contributed by atoms with van der Waals surface area (Å²) >= 11 is 0. The average molecular weight is 305 g/mol. The van der Waals surface area contributed by atoms with Gasteiger partial charge in [0, 0.05) is 12.6 Å². The van der Waals surface area contributed by atoms with Crippen LogP contribution in [0.5, 0.6) is 5.75 Å². The molecule has 1 saturated carbocycles. The minimum Gasteiger partial charge on any atom is -0.490 e. The molecule has 3 nitrogen and oxygen atoms in total. The highest BCUT2D eigenvalue weighted by Gasteiger charge is 2.20. The van der Waals surface area contributed by atoms with E-state index < -0.39 is 6.10 Å². The molecule has 0 aliphatic heterocycles. The summed E-state index contributed by atoms with van der Waals surface area (Å²) in [6.45, 7) is 7.28. The van der Waals surface area contributed by atoms with E-state index in [0.717, 1.165) is 16.9 Å². The largest absolute Gasteiger partial charge is 0.490 e. The average Bonchev–Trinajstić information content (AvgIpc) is 2.47. The molecule has 0 radical (unpaired) electrons. The van der Waals surface area contributed by atoms with Gasteiger partial charge in [0.15, 0.2) is 0 Å². The SMILES string of the molecule is Cc1cc(C)c(OCC(O)CN(C)C2CCCCC2)c(C)c1. The van der Waals surface area contributed by atoms with Crippen LogP contribution in [0.2, 0.25) is 0 Å². The lowest BCUT2D eigenvalue weighted by atomic mass is 9.94. The van der Waals surface area contributed by atoms with E-state index in [2.05, 4.69) is 44.9 Å². The van der Waals surface area contributed by atoms with E-state index in [1.807, 2.05) is 0 Å². The normalized spacial score (nSPS) is 17.7. The third kappa shape index (κ3) is 4.72. The minimum absolute atomic E-state index is 0.363. The lowest BCUT2D eigenvalue weighted by molar-refractivity contribution is 0.0558. The Morgan fingerprint density at radius 1 is 1.14 bits per heavy atom. The fourth-order valence-electron chi connectivity index (χ4n) is 3.63. The van der Waals surface area contributed by atoms with Crippen molar-refractivity contribution in [1.29, 1.82) is 0 Å². The zero-order valence-electron chi connectivity index (χ0n) is 14.6. The van der Waals surface area contributed by atoms with Gasteiger partial charge in [0.1, 0.15) is 18.5 Å². The van der Waals surface area contributed by atoms with Crippen molar-refractivity contribution in [1.82, 2.24) is 4.90 Å². The molecular weight excluding hydrogens is 274 g/mol. The molecule has 0 amide bonds. The zero-order chi connectivity index (χ0) is 16.1. The molecule has 0 bridgehead atoms. The van der Waals surface area contributed by atoms with Gasteiger partial charge in [-0.25, -0.2) is 0 Å². The minimum atomic E-state index is -0.438. The fraction of sp³-hybridized carbons (Fsp3) is 0.684. The Balaban J connectivity index is 1.83. The van der Waals surface area contributed by atoms with Crippen LogP contribution in [0.15, 0.2) is 12.1 Å². The van der Waals surface area contributed by atoms with Crippen molar-refractivity contribution in [3.8, 4) is 5.75 Å². The van der Waals surface area contributed by atoms with Gasteiger partial charge in [-0.15, -0.1) is 0 Å². The van der Waals surface area contributed by atoms with Crippen LogP contribution < -0.4 is 4.74 Å². The third-order valence-corrected chi connectivity index (χ3v) is 4.72. The van der Waals surface area contributed by atoms with Crippen LogP contribution in [0.25, 0.3) is 0 Å². The molecule has 1 aromatic carbocycles. The number of aliphatic hydroxyl groups excluding tert-OH is 1. The first-order valence-electron chi connectivity index (χ1n) is 8.56. The molecule has 1 N–H and O–H groups in total. The van der Waals surface area contributed by atoms with Crippen molar-refractivity contribution in [3.05, 3.63) is 28.8 Å². The summed E-state index contributed by atoms with van der Waals surface area (Å²) < 4.78 is 5.90. The maximum atomic E-state index is 10.3. The number of aliphatic hydroxyl groups is 1. The van der Waals surface area contributed by atoms with Gasteiger partial charge in [-0.1, -0.05) is 37.0 Å². The van der Waals surface area contributed by atoms with E-state index in [0.29, 0.717) is 19.2 Å². The smallest absolute Gasteiger partial charge is 0.125 e. The Morgan fingerprint density at radius 2 is 1.73 bits per heavy atom. The number of hydrogen-bond donors (Lipinski definition) is 1. The van der Waals surface area contributed by atoms with E-state index in [1.54, 1.807) is 0 Å². The topological polar surface area (TPSA) is 32.7 Å². The van der Waals surface area contributed by atoms with Crippen molar-refractivity contribution in [3.63, 3.8) is 0 Å². The zero-order valence-corrected chi connectivity index (χ0v) is 14.6. The summed E-state index contributed by atoms with van der Waals surface area (Å²) in [5.74, 6) is 0.921. The first-order valence-corrected chi connectivity index (χ1v) is 8.56. The molecule has 1 fully saturated rings. The monoisotopic (exact) mass is 305 g/mol. The first kappa shape index (κ1) is 17.3. The fourth-order valence-corrected chi connectivity index (χ4v) is 3.63. The standard InChI is InChI=1S/C19H31NO2/c1-14-10-15(2)19(16(3)11-14)22-13-18(21)12-20(4)17-8-6-5-7-9-17/h10-11,17-18,21H,5-9,12-13H2,1-4H3. The highest BCUT2D eigenvalue weighted by Crippen LogP contribution is 2.25. The number of aryl methyl sites for hydroxylation is 3. The van der Waals surface area contributed by atoms with Crippen molar-refractivity contribution >= 4 is 0 Å². The van der Waals surface area contributed by atoms with Crippen LogP contribution >= 0.6 is 0 Å². The summed E-state index contributed by atoms with van der Waals surface area (Å²) in [7, 11) is 2.13. The van der Waals surface area contributed by atoms with Crippen molar-refractivity contribution in [2.45, 2.75) is 65.0 Å². The van der Waals surface area contributed by atoms with Crippen LogP contribution in [0.3, 0.4) is 0 Å². The molecule has 1 unspecified atom stereocenters. The number of nitrogens with zero attached hydrogens (tertiary/aromatic N) is 1. The van der Waals surface area contributed by atoms with Gasteiger partial charge in [-0.2, -0.15) is 0 Å². The van der Waals surface area contributed by atoms with Gasteiger partial charge in [-0.3, -0.25) is 0 Å². The molecule has 22 heavy (non-hydrogen) atoms. The summed E-state index contributed by atoms with van der Waals surface area (Å²) in [6.07, 6.45) is 6.10. The quantitative estimate of drug-likeness (QED) is 0.871. The second-order valence-corrected chi connectivity index (χ2v) is 6.92. The predicted octanol–water partition coefficient (Wildman–Crippen LogP) is 3.62. The second-order valence-electron chi connectivity index (χ2n) is 6.92. The van der Waals surface area contributed by atoms with Crippen LogP contribution in [-0.4, -0.2) is 42.4 Å². The van der Waals surface area contributed by atoms with Crippen LogP contribution in [0, 0.1) is 20.8 Å². The van der Waals surface area contributed by atoms with Gasteiger partial charge in [-0.05, 0) is 51.8 Å². The summed E-state index contributed by atoms with van der Waals surface area (Å²) in [5, 5.41) is 10.3. The molecule has 1 atom stereocenters. The number of rotatable bonds is 6. The molecule has 124 valence electrons. The maximum Gasteiger partial charge on any atom is 0.125 e. The predicted molar refractivity (Wildman–Crippen MR) is 91.7 cm³/mol. The highest BCUT2D eigenvalue weighted by atomic mass is 16.5. The molecule has 1 aliphatic rings. The Labute approximate surface area is 135 Å². The number of likely N-dealkylation sites (N-methyl/N-ethyl adjacent to an activating group) is 1. The van der Waals surface area contributed by atoms with Gasteiger partial charge in [0.25, 0.3) is 0 Å². The number of benzene rings is 1. The molecule has 1 aromatic rings. The lowest BCUT2D eigenvalue weighted by Crippen LogP contribution is -2.40. The molecule has 1 aliphatic carbocycles. The van der Waals surface area contributed by atoms with Gasteiger partial charge >= 0.3 is 0 Å². The maximum absolute atomic E-state index is 10.3. The summed E-state index contributed by atoms with van der Waals surface area (Å²) in [6, 6.07) is 4.89.